The zero-order chi connectivity index (χ0) is 14.7. The van der Waals surface area contributed by atoms with Crippen LogP contribution in [0, 0.1) is 5.92 Å². The summed E-state index contributed by atoms with van der Waals surface area (Å²) >= 11 is 1.58. The van der Waals surface area contributed by atoms with Crippen molar-refractivity contribution in [3.8, 4) is 0 Å². The number of carbonyl (C=O) groups is 2. The minimum absolute atomic E-state index is 0.0187. The van der Waals surface area contributed by atoms with E-state index in [0.29, 0.717) is 12.5 Å². The molecule has 0 radical (unpaired) electrons. The van der Waals surface area contributed by atoms with Crippen LogP contribution in [0.2, 0.25) is 0 Å². The van der Waals surface area contributed by atoms with Gasteiger partial charge in [0.05, 0.1) is 12.0 Å². The van der Waals surface area contributed by atoms with Crippen LogP contribution in [0.4, 0.5) is 0 Å². The Morgan fingerprint density at radius 1 is 1.50 bits per heavy atom. The third-order valence-corrected chi connectivity index (χ3v) is 4.98. The summed E-state index contributed by atoms with van der Waals surface area (Å²) < 4.78 is 4.63. The van der Waals surface area contributed by atoms with E-state index in [0.717, 1.165) is 17.7 Å². The summed E-state index contributed by atoms with van der Waals surface area (Å²) in [6, 6.07) is 2.01. The number of nitrogens with zero attached hydrogens (tertiary/aromatic N) is 1. The molecule has 110 valence electrons. The van der Waals surface area contributed by atoms with Gasteiger partial charge in [0.1, 0.15) is 6.54 Å². The molecule has 1 aromatic heterocycles. The number of aryl methyl sites for hydroxylation is 1. The van der Waals surface area contributed by atoms with Crippen molar-refractivity contribution in [2.75, 3.05) is 20.2 Å². The predicted octanol–water partition coefficient (Wildman–Crippen LogP) is 2.51. The lowest BCUT2D eigenvalue weighted by atomic mass is 9.90. The van der Waals surface area contributed by atoms with E-state index in [1.807, 2.05) is 13.0 Å². The Morgan fingerprint density at radius 3 is 2.90 bits per heavy atom. The van der Waals surface area contributed by atoms with Gasteiger partial charge in [-0.1, -0.05) is 6.92 Å². The lowest BCUT2D eigenvalue weighted by molar-refractivity contribution is -0.141. The fraction of sp³-hybridized carbons (Fsp3) is 0.600. The van der Waals surface area contributed by atoms with Crippen LogP contribution in [0.3, 0.4) is 0 Å². The number of rotatable bonds is 4. The minimum atomic E-state index is -0.379. The van der Waals surface area contributed by atoms with Gasteiger partial charge in [-0.05, 0) is 43.7 Å². The lowest BCUT2D eigenvalue weighted by Gasteiger charge is -2.18. The predicted molar refractivity (Wildman–Crippen MR) is 79.1 cm³/mol. The van der Waals surface area contributed by atoms with Crippen molar-refractivity contribution in [1.82, 2.24) is 4.90 Å². The topological polar surface area (TPSA) is 46.6 Å². The molecule has 1 aromatic rings. The Hall–Kier alpha value is -1.36. The van der Waals surface area contributed by atoms with E-state index >= 15 is 0 Å². The van der Waals surface area contributed by atoms with Crippen LogP contribution in [0.1, 0.15) is 40.4 Å². The quantitative estimate of drug-likeness (QED) is 0.802. The van der Waals surface area contributed by atoms with E-state index in [1.54, 1.807) is 11.3 Å². The van der Waals surface area contributed by atoms with Crippen LogP contribution in [0.5, 0.6) is 0 Å². The largest absolute Gasteiger partial charge is 0.468 e. The van der Waals surface area contributed by atoms with E-state index in [2.05, 4.69) is 11.7 Å². The van der Waals surface area contributed by atoms with Gasteiger partial charge in [-0.25, -0.2) is 0 Å². The normalized spacial score (nSPS) is 17.4. The van der Waals surface area contributed by atoms with Gasteiger partial charge < -0.3 is 9.64 Å². The molecule has 0 spiro atoms. The van der Waals surface area contributed by atoms with Gasteiger partial charge in [0.2, 0.25) is 0 Å². The van der Waals surface area contributed by atoms with Crippen molar-refractivity contribution in [2.24, 2.45) is 5.92 Å². The second-order valence-electron chi connectivity index (χ2n) is 5.30. The van der Waals surface area contributed by atoms with Crippen LogP contribution in [0.25, 0.3) is 0 Å². The molecule has 1 amide bonds. The van der Waals surface area contributed by atoms with Crippen LogP contribution in [-0.2, 0) is 22.4 Å². The molecule has 1 aliphatic rings. The summed E-state index contributed by atoms with van der Waals surface area (Å²) in [7, 11) is 1.34. The maximum absolute atomic E-state index is 12.5. The third-order valence-electron chi connectivity index (χ3n) is 3.76. The van der Waals surface area contributed by atoms with Gasteiger partial charge in [0.25, 0.3) is 5.91 Å². The number of amides is 1. The maximum atomic E-state index is 12.5. The zero-order valence-electron chi connectivity index (χ0n) is 12.3. The molecule has 0 saturated heterocycles. The van der Waals surface area contributed by atoms with Crippen LogP contribution in [-0.4, -0.2) is 37.0 Å². The Kier molecular flexibility index (Phi) is 4.81. The monoisotopic (exact) mass is 295 g/mol. The molecule has 1 aliphatic carbocycles. The van der Waals surface area contributed by atoms with Crippen molar-refractivity contribution >= 4 is 23.2 Å². The van der Waals surface area contributed by atoms with E-state index in [9.17, 15) is 9.59 Å². The van der Waals surface area contributed by atoms with E-state index in [-0.39, 0.29) is 18.4 Å². The number of thiophene rings is 1. The van der Waals surface area contributed by atoms with Crippen LogP contribution < -0.4 is 0 Å². The maximum Gasteiger partial charge on any atom is 0.325 e. The Morgan fingerprint density at radius 2 is 2.25 bits per heavy atom. The molecule has 1 atom stereocenters. The van der Waals surface area contributed by atoms with Gasteiger partial charge in [-0.15, -0.1) is 11.3 Å². The highest BCUT2D eigenvalue weighted by Gasteiger charge is 2.24. The molecule has 1 heterocycles. The van der Waals surface area contributed by atoms with Crippen molar-refractivity contribution in [3.05, 3.63) is 21.4 Å². The number of hydrogen-bond donors (Lipinski definition) is 0. The highest BCUT2D eigenvalue weighted by Crippen LogP contribution is 2.32. The highest BCUT2D eigenvalue weighted by atomic mass is 32.1. The molecule has 0 aliphatic heterocycles. The summed E-state index contributed by atoms with van der Waals surface area (Å²) in [5.41, 5.74) is 1.31. The van der Waals surface area contributed by atoms with Crippen molar-refractivity contribution in [3.63, 3.8) is 0 Å². The standard InChI is InChI=1S/C15H21NO3S/c1-4-16(9-14(17)19-3)15(18)13-8-11-7-10(2)5-6-12(11)20-13/h8,10H,4-7,9H2,1-3H3/t10-/m1/s1. The first-order valence-electron chi connectivity index (χ1n) is 7.02. The van der Waals surface area contributed by atoms with Gasteiger partial charge in [0, 0.05) is 11.4 Å². The molecular weight excluding hydrogens is 274 g/mol. The van der Waals surface area contributed by atoms with Crippen molar-refractivity contribution in [1.29, 1.82) is 0 Å². The second kappa shape index (κ2) is 6.39. The van der Waals surface area contributed by atoms with E-state index in [4.69, 9.17) is 0 Å². The van der Waals surface area contributed by atoms with Crippen LogP contribution >= 0.6 is 11.3 Å². The molecule has 0 bridgehead atoms. The summed E-state index contributed by atoms with van der Waals surface area (Å²) in [5, 5.41) is 0. The van der Waals surface area contributed by atoms with Crippen molar-refractivity contribution < 1.29 is 14.3 Å². The summed E-state index contributed by atoms with van der Waals surface area (Å²) in [4.78, 5) is 27.4. The summed E-state index contributed by atoms with van der Waals surface area (Å²) in [5.74, 6) is 0.248. The fourth-order valence-corrected chi connectivity index (χ4v) is 3.69. The number of ether oxygens (including phenoxy) is 1. The number of methoxy groups -OCH3 is 1. The molecule has 5 heteroatoms. The molecule has 4 nitrogen and oxygen atoms in total. The summed E-state index contributed by atoms with van der Waals surface area (Å²) in [6.45, 7) is 4.64. The number of carbonyl (C=O) groups excluding carboxylic acids is 2. The van der Waals surface area contributed by atoms with Gasteiger partial charge >= 0.3 is 5.97 Å². The number of likely N-dealkylation sites (N-methyl/N-ethyl adjacent to an activating group) is 1. The first kappa shape index (κ1) is 15.0. The average Bonchev–Trinajstić information content (AvgIpc) is 2.86. The molecular formula is C15H21NO3S. The van der Waals surface area contributed by atoms with Gasteiger partial charge in [0.15, 0.2) is 0 Å². The average molecular weight is 295 g/mol. The third kappa shape index (κ3) is 3.20. The van der Waals surface area contributed by atoms with E-state index in [1.165, 1.54) is 28.9 Å². The molecule has 0 unspecified atom stereocenters. The number of hydrogen-bond acceptors (Lipinski definition) is 4. The first-order chi connectivity index (χ1) is 9.55. The van der Waals surface area contributed by atoms with E-state index < -0.39 is 0 Å². The lowest BCUT2D eigenvalue weighted by Crippen LogP contribution is -2.35. The highest BCUT2D eigenvalue weighted by molar-refractivity contribution is 7.14. The van der Waals surface area contributed by atoms with Gasteiger partial charge in [-0.3, -0.25) is 9.59 Å². The Labute approximate surface area is 123 Å². The Balaban J connectivity index is 2.14. The molecule has 0 aromatic carbocycles. The number of fused-ring (bicyclic) bond motifs is 1. The van der Waals surface area contributed by atoms with Gasteiger partial charge in [-0.2, -0.15) is 0 Å². The zero-order valence-corrected chi connectivity index (χ0v) is 13.1. The number of esters is 1. The smallest absolute Gasteiger partial charge is 0.325 e. The van der Waals surface area contributed by atoms with Crippen molar-refractivity contribution in [2.45, 2.75) is 33.1 Å². The SMILES string of the molecule is CCN(CC(=O)OC)C(=O)c1cc2c(s1)CC[C@@H](C)C2. The minimum Gasteiger partial charge on any atom is -0.468 e. The Bertz CT molecular complexity index is 509. The molecule has 2 rings (SSSR count). The first-order valence-corrected chi connectivity index (χ1v) is 7.84. The molecule has 0 N–H and O–H groups in total. The van der Waals surface area contributed by atoms with Crippen LogP contribution in [0.15, 0.2) is 6.07 Å². The fourth-order valence-electron chi connectivity index (χ4n) is 2.51. The summed E-state index contributed by atoms with van der Waals surface area (Å²) in [6.07, 6.45) is 3.32. The molecule has 0 fully saturated rings. The molecule has 20 heavy (non-hydrogen) atoms. The second-order valence-corrected chi connectivity index (χ2v) is 6.44. The molecule has 0 saturated carbocycles.